The Bertz CT molecular complexity index is 1480. The van der Waals surface area contributed by atoms with E-state index in [1.54, 1.807) is 18.2 Å². The second kappa shape index (κ2) is 9.83. The van der Waals surface area contributed by atoms with E-state index in [-0.39, 0.29) is 11.5 Å². The smallest absolute Gasteiger partial charge is 0.296 e. The topological polar surface area (TPSA) is 134 Å². The molecule has 0 aliphatic carbocycles. The summed E-state index contributed by atoms with van der Waals surface area (Å²) < 4.78 is 5.90. The summed E-state index contributed by atoms with van der Waals surface area (Å²) in [5, 5.41) is 26.6. The van der Waals surface area contributed by atoms with Crippen molar-refractivity contribution in [1.82, 2.24) is 14.7 Å². The summed E-state index contributed by atoms with van der Waals surface area (Å²) in [4.78, 5) is 30.1. The fraction of sp³-hybridized carbons (Fsp3) is 0.160. The number of rotatable bonds is 6. The van der Waals surface area contributed by atoms with Gasteiger partial charge in [-0.3, -0.25) is 14.2 Å². The van der Waals surface area contributed by atoms with Gasteiger partial charge in [-0.25, -0.2) is 4.98 Å². The van der Waals surface area contributed by atoms with E-state index in [9.17, 15) is 20.0 Å². The lowest BCUT2D eigenvalue weighted by molar-refractivity contribution is 0.101. The molecule has 0 aliphatic rings. The lowest BCUT2D eigenvalue weighted by Gasteiger charge is -2.27. The van der Waals surface area contributed by atoms with Crippen LogP contribution in [-0.2, 0) is 7.05 Å². The van der Waals surface area contributed by atoms with E-state index in [1.807, 2.05) is 37.3 Å². The number of nitrogens with one attached hydrogen (secondary N) is 1. The Labute approximate surface area is 205 Å². The van der Waals surface area contributed by atoms with Crippen LogP contribution in [0.3, 0.4) is 0 Å². The minimum atomic E-state index is -0.794. The van der Waals surface area contributed by atoms with Gasteiger partial charge in [0.05, 0.1) is 17.8 Å². The molecule has 2 atom stereocenters. The highest BCUT2D eigenvalue weighted by atomic mass is 35.5. The number of halogens is 1. The van der Waals surface area contributed by atoms with Gasteiger partial charge in [0, 0.05) is 23.9 Å². The van der Waals surface area contributed by atoms with E-state index in [0.717, 1.165) is 5.56 Å². The number of anilines is 1. The van der Waals surface area contributed by atoms with Crippen molar-refractivity contribution in [3.63, 3.8) is 0 Å². The molecular formula is C25H20ClN5O4. The normalized spacial score (nSPS) is 12.5. The molecule has 0 bridgehead atoms. The first kappa shape index (κ1) is 23.7. The fourth-order valence-electron chi connectivity index (χ4n) is 4.07. The van der Waals surface area contributed by atoms with Crippen molar-refractivity contribution in [2.45, 2.75) is 18.8 Å². The fourth-order valence-corrected chi connectivity index (χ4v) is 4.24. The largest absolute Gasteiger partial charge is 0.501 e. The number of aromatic nitrogens is 3. The summed E-state index contributed by atoms with van der Waals surface area (Å²) in [6.45, 7) is 1.84. The maximum absolute atomic E-state index is 12.9. The van der Waals surface area contributed by atoms with E-state index in [4.69, 9.17) is 16.1 Å². The maximum atomic E-state index is 12.9. The molecule has 2 heterocycles. The third kappa shape index (κ3) is 4.65. The number of benzene rings is 2. The molecule has 1 amide bonds. The number of nitriles is 1. The highest BCUT2D eigenvalue weighted by Gasteiger charge is 2.30. The number of aromatic hydroxyl groups is 1. The molecule has 0 radical (unpaired) electrons. The quantitative estimate of drug-likeness (QED) is 0.414. The average molecular weight is 490 g/mol. The Balaban J connectivity index is 1.87. The third-order valence-electron chi connectivity index (χ3n) is 5.74. The lowest BCUT2D eigenvalue weighted by atomic mass is 9.79. The van der Waals surface area contributed by atoms with Crippen molar-refractivity contribution >= 4 is 23.2 Å². The van der Waals surface area contributed by atoms with Gasteiger partial charge in [0.25, 0.3) is 11.5 Å². The van der Waals surface area contributed by atoms with Gasteiger partial charge in [0.15, 0.2) is 5.69 Å². The van der Waals surface area contributed by atoms with Crippen LogP contribution in [0.5, 0.6) is 5.75 Å². The lowest BCUT2D eigenvalue weighted by Crippen LogP contribution is -2.29. The van der Waals surface area contributed by atoms with Crippen LogP contribution in [0.15, 0.2) is 70.3 Å². The molecule has 2 N–H and O–H groups in total. The zero-order valence-corrected chi connectivity index (χ0v) is 19.5. The second-order valence-electron chi connectivity index (χ2n) is 7.92. The van der Waals surface area contributed by atoms with E-state index < -0.39 is 34.7 Å². The van der Waals surface area contributed by atoms with E-state index in [1.165, 1.54) is 24.1 Å². The molecule has 2 aromatic heterocycles. The van der Waals surface area contributed by atoms with E-state index in [2.05, 4.69) is 21.5 Å². The van der Waals surface area contributed by atoms with E-state index >= 15 is 0 Å². The molecule has 0 spiro atoms. The van der Waals surface area contributed by atoms with Crippen LogP contribution in [0, 0.1) is 11.3 Å². The second-order valence-corrected chi connectivity index (χ2v) is 8.36. The Hall–Kier alpha value is -4.42. The molecule has 176 valence electrons. The number of carbonyl (C=O) groups excluding carboxylic acids is 1. The molecule has 9 nitrogen and oxygen atoms in total. The van der Waals surface area contributed by atoms with Gasteiger partial charge in [0.2, 0.25) is 5.75 Å². The summed E-state index contributed by atoms with van der Waals surface area (Å²) in [5.41, 5.74) is 0.978. The van der Waals surface area contributed by atoms with Crippen LogP contribution in [0.4, 0.5) is 5.69 Å². The van der Waals surface area contributed by atoms with Gasteiger partial charge in [-0.1, -0.05) is 60.1 Å². The molecule has 10 heteroatoms. The van der Waals surface area contributed by atoms with Crippen LogP contribution >= 0.6 is 11.6 Å². The maximum Gasteiger partial charge on any atom is 0.296 e. The molecule has 35 heavy (non-hydrogen) atoms. The Morgan fingerprint density at radius 1 is 1.26 bits per heavy atom. The van der Waals surface area contributed by atoms with Gasteiger partial charge >= 0.3 is 0 Å². The molecule has 4 aromatic rings. The molecule has 0 unspecified atom stereocenters. The van der Waals surface area contributed by atoms with Crippen LogP contribution in [-0.4, -0.2) is 25.7 Å². The monoisotopic (exact) mass is 489 g/mol. The molecular weight excluding hydrogens is 470 g/mol. The molecule has 0 saturated heterocycles. The van der Waals surface area contributed by atoms with Crippen molar-refractivity contribution < 1.29 is 14.4 Å². The minimum absolute atomic E-state index is 0.244. The van der Waals surface area contributed by atoms with Crippen LogP contribution in [0.25, 0.3) is 0 Å². The molecule has 0 aliphatic heterocycles. The summed E-state index contributed by atoms with van der Waals surface area (Å²) >= 11 is 6.13. The highest BCUT2D eigenvalue weighted by molar-refractivity contribution is 6.30. The number of nitrogens with zero attached hydrogens (tertiary/aromatic N) is 4. The first-order chi connectivity index (χ1) is 16.8. The first-order valence-corrected chi connectivity index (χ1v) is 10.9. The van der Waals surface area contributed by atoms with Crippen LogP contribution in [0.1, 0.15) is 51.8 Å². The standard InChI is InChI=1S/C25H20ClN5O4/c1-14(20(15-6-4-3-5-7-15)19-9-8-17(26)10-16(19)11-27)23-30-21(22(32)25(34)31(23)2)24(33)29-18-12-28-35-13-18/h3-10,12-14,20,32H,1-2H3,(H,29,33)/t14-,20-/m1/s1. The van der Waals surface area contributed by atoms with Crippen LogP contribution in [0.2, 0.25) is 5.02 Å². The first-order valence-electron chi connectivity index (χ1n) is 10.6. The third-order valence-corrected chi connectivity index (χ3v) is 5.98. The zero-order valence-electron chi connectivity index (χ0n) is 18.8. The van der Waals surface area contributed by atoms with Gasteiger partial charge in [-0.05, 0) is 23.3 Å². The van der Waals surface area contributed by atoms with Gasteiger partial charge in [-0.15, -0.1) is 0 Å². The number of amides is 1. The van der Waals surface area contributed by atoms with Gasteiger partial charge in [-0.2, -0.15) is 5.26 Å². The average Bonchev–Trinajstić information content (AvgIpc) is 3.37. The van der Waals surface area contributed by atoms with Crippen molar-refractivity contribution in [3.8, 4) is 11.8 Å². The predicted molar refractivity (Wildman–Crippen MR) is 128 cm³/mol. The van der Waals surface area contributed by atoms with Gasteiger partial charge < -0.3 is 14.9 Å². The SMILES string of the molecule is C[C@@H](c1nc(C(=O)Nc2cnoc2)c(O)c(=O)n1C)[C@H](c1ccccc1)c1ccc(Cl)cc1C#N. The molecule has 4 rings (SSSR count). The Morgan fingerprint density at radius 2 is 2.00 bits per heavy atom. The van der Waals surface area contributed by atoms with Crippen molar-refractivity contribution in [2.24, 2.45) is 7.05 Å². The van der Waals surface area contributed by atoms with Gasteiger partial charge in [0.1, 0.15) is 17.8 Å². The summed E-state index contributed by atoms with van der Waals surface area (Å²) in [6.07, 6.45) is 2.48. The number of hydrogen-bond acceptors (Lipinski definition) is 7. The van der Waals surface area contributed by atoms with Crippen molar-refractivity contribution in [2.75, 3.05) is 5.32 Å². The van der Waals surface area contributed by atoms with Crippen molar-refractivity contribution in [3.05, 3.63) is 105 Å². The zero-order chi connectivity index (χ0) is 25.1. The number of carbonyl (C=O) groups is 1. The molecule has 2 aromatic carbocycles. The van der Waals surface area contributed by atoms with E-state index in [0.29, 0.717) is 16.1 Å². The Morgan fingerprint density at radius 3 is 2.66 bits per heavy atom. The summed E-state index contributed by atoms with van der Waals surface area (Å²) in [7, 11) is 1.47. The minimum Gasteiger partial charge on any atom is -0.501 e. The van der Waals surface area contributed by atoms with Crippen molar-refractivity contribution in [1.29, 1.82) is 5.26 Å². The molecule has 0 saturated carbocycles. The van der Waals surface area contributed by atoms with Crippen LogP contribution < -0.4 is 10.9 Å². The predicted octanol–water partition coefficient (Wildman–Crippen LogP) is 4.19. The highest BCUT2D eigenvalue weighted by Crippen LogP contribution is 2.39. The summed E-state index contributed by atoms with van der Waals surface area (Å²) in [6, 6.07) is 16.7. The summed E-state index contributed by atoms with van der Waals surface area (Å²) in [5.74, 6) is -2.24. The number of hydrogen-bond donors (Lipinski definition) is 2. The molecule has 0 fully saturated rings. The Kier molecular flexibility index (Phi) is 6.66.